The summed E-state index contributed by atoms with van der Waals surface area (Å²) in [5.74, 6) is 0.163. The molecule has 1 unspecified atom stereocenters. The van der Waals surface area contributed by atoms with E-state index < -0.39 is 6.61 Å². The Morgan fingerprint density at radius 2 is 1.67 bits per heavy atom. The number of ether oxygens (including phenoxy) is 1. The summed E-state index contributed by atoms with van der Waals surface area (Å²) in [6.07, 6.45) is 0.878. The molecule has 2 aromatic rings. The maximum Gasteiger partial charge on any atom is 0.387 e. The Kier molecular flexibility index (Phi) is 5.56. The van der Waals surface area contributed by atoms with Crippen molar-refractivity contribution in [3.8, 4) is 5.75 Å². The fraction of sp³-hybridized carbons (Fsp3) is 0.250. The molecule has 0 bridgehead atoms. The quantitative estimate of drug-likeness (QED) is 0.778. The summed E-state index contributed by atoms with van der Waals surface area (Å²) in [7, 11) is 0. The van der Waals surface area contributed by atoms with E-state index >= 15 is 0 Å². The minimum Gasteiger partial charge on any atom is -0.435 e. The molecule has 112 valence electrons. The summed E-state index contributed by atoms with van der Waals surface area (Å²) in [5.41, 5.74) is 2.11. The molecule has 0 saturated carbocycles. The first-order chi connectivity index (χ1) is 10.0. The molecule has 5 heteroatoms. The Morgan fingerprint density at radius 3 is 2.24 bits per heavy atom. The van der Waals surface area contributed by atoms with E-state index in [0.29, 0.717) is 0 Å². The summed E-state index contributed by atoms with van der Waals surface area (Å²) < 4.78 is 29.5. The van der Waals surface area contributed by atoms with E-state index in [1.807, 2.05) is 12.1 Å². The van der Waals surface area contributed by atoms with Crippen molar-refractivity contribution in [1.29, 1.82) is 0 Å². The Morgan fingerprint density at radius 1 is 1.05 bits per heavy atom. The summed E-state index contributed by atoms with van der Waals surface area (Å²) in [4.78, 5) is 0. The van der Waals surface area contributed by atoms with Crippen LogP contribution in [0.4, 0.5) is 14.5 Å². The Hall–Kier alpha value is -1.62. The predicted molar refractivity (Wildman–Crippen MR) is 84.0 cm³/mol. The second-order valence-electron chi connectivity index (χ2n) is 4.78. The van der Waals surface area contributed by atoms with Crippen LogP contribution in [0.1, 0.15) is 12.5 Å². The first-order valence-electron chi connectivity index (χ1n) is 6.59. The number of hydrogen-bond acceptors (Lipinski definition) is 2. The summed E-state index contributed by atoms with van der Waals surface area (Å²) in [5, 5.41) is 3.33. The second kappa shape index (κ2) is 7.41. The minimum atomic E-state index is -2.79. The number of anilines is 1. The van der Waals surface area contributed by atoms with Crippen molar-refractivity contribution in [3.63, 3.8) is 0 Å². The topological polar surface area (TPSA) is 21.3 Å². The second-order valence-corrected chi connectivity index (χ2v) is 5.69. The van der Waals surface area contributed by atoms with E-state index in [1.54, 1.807) is 12.1 Å². The van der Waals surface area contributed by atoms with Crippen LogP contribution >= 0.6 is 15.9 Å². The average Bonchev–Trinajstić information content (AvgIpc) is 2.43. The average molecular weight is 356 g/mol. The molecule has 0 aromatic heterocycles. The number of halogens is 3. The highest BCUT2D eigenvalue weighted by molar-refractivity contribution is 9.10. The molecule has 21 heavy (non-hydrogen) atoms. The molecule has 0 aliphatic carbocycles. The van der Waals surface area contributed by atoms with Crippen molar-refractivity contribution < 1.29 is 13.5 Å². The van der Waals surface area contributed by atoms with Gasteiger partial charge in [-0.05, 0) is 55.3 Å². The van der Waals surface area contributed by atoms with Crippen molar-refractivity contribution in [2.75, 3.05) is 5.32 Å². The van der Waals surface area contributed by atoms with E-state index in [1.165, 1.54) is 17.7 Å². The molecular formula is C16H16BrF2NO. The summed E-state index contributed by atoms with van der Waals surface area (Å²) in [6, 6.07) is 14.9. The smallest absolute Gasteiger partial charge is 0.387 e. The fourth-order valence-electron chi connectivity index (χ4n) is 2.04. The maximum atomic E-state index is 12.1. The largest absolute Gasteiger partial charge is 0.435 e. The molecule has 1 atom stereocenters. The first-order valence-corrected chi connectivity index (χ1v) is 7.38. The minimum absolute atomic E-state index is 0.163. The Labute approximate surface area is 131 Å². The number of nitrogens with one attached hydrogen (secondary N) is 1. The van der Waals surface area contributed by atoms with Gasteiger partial charge < -0.3 is 10.1 Å². The Balaban J connectivity index is 1.90. The van der Waals surface area contributed by atoms with Crippen LogP contribution in [0.2, 0.25) is 0 Å². The predicted octanol–water partition coefficient (Wildman–Crippen LogP) is 5.09. The van der Waals surface area contributed by atoms with E-state index in [-0.39, 0.29) is 11.8 Å². The number of alkyl halides is 2. The van der Waals surface area contributed by atoms with Gasteiger partial charge in [0.1, 0.15) is 5.75 Å². The van der Waals surface area contributed by atoms with Gasteiger partial charge in [0.05, 0.1) is 0 Å². The number of benzene rings is 2. The molecule has 0 amide bonds. The molecule has 0 saturated heterocycles. The van der Waals surface area contributed by atoms with Crippen molar-refractivity contribution in [3.05, 3.63) is 58.6 Å². The number of rotatable bonds is 6. The first kappa shape index (κ1) is 15.8. The fourth-order valence-corrected chi connectivity index (χ4v) is 2.31. The SMILES string of the molecule is CC(Cc1ccc(Br)cc1)Nc1ccc(OC(F)F)cc1. The Bertz CT molecular complexity index is 557. The summed E-state index contributed by atoms with van der Waals surface area (Å²) in [6.45, 7) is -0.717. The van der Waals surface area contributed by atoms with Gasteiger partial charge in [0.15, 0.2) is 0 Å². The van der Waals surface area contributed by atoms with Gasteiger partial charge in [0.25, 0.3) is 0 Å². The highest BCUT2D eigenvalue weighted by Crippen LogP contribution is 2.19. The van der Waals surface area contributed by atoms with E-state index in [0.717, 1.165) is 16.6 Å². The highest BCUT2D eigenvalue weighted by atomic mass is 79.9. The highest BCUT2D eigenvalue weighted by Gasteiger charge is 2.06. The van der Waals surface area contributed by atoms with Crippen LogP contribution in [0, 0.1) is 0 Å². The zero-order valence-corrected chi connectivity index (χ0v) is 13.1. The van der Waals surface area contributed by atoms with Crippen LogP contribution in [0.3, 0.4) is 0 Å². The molecule has 0 radical (unpaired) electrons. The number of hydrogen-bond donors (Lipinski definition) is 1. The third-order valence-electron chi connectivity index (χ3n) is 2.95. The molecule has 2 nitrogen and oxygen atoms in total. The lowest BCUT2D eigenvalue weighted by molar-refractivity contribution is -0.0498. The van der Waals surface area contributed by atoms with Gasteiger partial charge in [-0.2, -0.15) is 8.78 Å². The zero-order chi connectivity index (χ0) is 15.2. The van der Waals surface area contributed by atoms with E-state index in [4.69, 9.17) is 0 Å². The van der Waals surface area contributed by atoms with Gasteiger partial charge in [0, 0.05) is 16.2 Å². The van der Waals surface area contributed by atoms with E-state index in [9.17, 15) is 8.78 Å². The van der Waals surface area contributed by atoms with Gasteiger partial charge >= 0.3 is 6.61 Å². The molecule has 0 fully saturated rings. The van der Waals surface area contributed by atoms with Gasteiger partial charge in [-0.1, -0.05) is 28.1 Å². The lowest BCUT2D eigenvalue weighted by Crippen LogP contribution is -2.17. The molecule has 0 spiro atoms. The van der Waals surface area contributed by atoms with Crippen molar-refractivity contribution >= 4 is 21.6 Å². The van der Waals surface area contributed by atoms with Crippen LogP contribution in [-0.4, -0.2) is 12.7 Å². The molecule has 0 aliphatic heterocycles. The van der Waals surface area contributed by atoms with Crippen LogP contribution < -0.4 is 10.1 Å². The van der Waals surface area contributed by atoms with Crippen molar-refractivity contribution in [2.45, 2.75) is 26.0 Å². The lowest BCUT2D eigenvalue weighted by Gasteiger charge is -2.16. The van der Waals surface area contributed by atoms with Crippen LogP contribution in [0.5, 0.6) is 5.75 Å². The van der Waals surface area contributed by atoms with Gasteiger partial charge in [-0.25, -0.2) is 0 Å². The van der Waals surface area contributed by atoms with E-state index in [2.05, 4.69) is 45.0 Å². The third kappa shape index (κ3) is 5.34. The third-order valence-corrected chi connectivity index (χ3v) is 3.48. The van der Waals surface area contributed by atoms with Crippen LogP contribution in [-0.2, 0) is 6.42 Å². The molecule has 1 N–H and O–H groups in total. The maximum absolute atomic E-state index is 12.1. The molecular weight excluding hydrogens is 340 g/mol. The zero-order valence-electron chi connectivity index (χ0n) is 11.5. The molecule has 2 aromatic carbocycles. The van der Waals surface area contributed by atoms with Crippen LogP contribution in [0.15, 0.2) is 53.0 Å². The normalized spacial score (nSPS) is 12.2. The van der Waals surface area contributed by atoms with Crippen molar-refractivity contribution in [2.24, 2.45) is 0 Å². The van der Waals surface area contributed by atoms with Crippen molar-refractivity contribution in [1.82, 2.24) is 0 Å². The molecule has 2 rings (SSSR count). The molecule has 0 heterocycles. The van der Waals surface area contributed by atoms with Gasteiger partial charge in [-0.3, -0.25) is 0 Å². The standard InChI is InChI=1S/C16H16BrF2NO/c1-11(10-12-2-4-13(17)5-3-12)20-14-6-8-15(9-7-14)21-16(18)19/h2-9,11,16,20H,10H2,1H3. The summed E-state index contributed by atoms with van der Waals surface area (Å²) >= 11 is 3.41. The van der Waals surface area contributed by atoms with Gasteiger partial charge in [-0.15, -0.1) is 0 Å². The van der Waals surface area contributed by atoms with Gasteiger partial charge in [0.2, 0.25) is 0 Å². The lowest BCUT2D eigenvalue weighted by atomic mass is 10.1. The molecule has 0 aliphatic rings. The van der Waals surface area contributed by atoms with Crippen LogP contribution in [0.25, 0.3) is 0 Å². The monoisotopic (exact) mass is 355 g/mol.